The average Bonchev–Trinajstić information content (AvgIpc) is 2.75. The Bertz CT molecular complexity index is 1310. The van der Waals surface area contributed by atoms with Crippen LogP contribution in [0.5, 0.6) is 0 Å². The maximum Gasteiger partial charge on any atom is 0.211 e. The lowest BCUT2D eigenvalue weighted by Crippen LogP contribution is -2.35. The van der Waals surface area contributed by atoms with Gasteiger partial charge in [0.1, 0.15) is 10.7 Å². The molecule has 0 N–H and O–H groups in total. The fourth-order valence-electron chi connectivity index (χ4n) is 4.48. The van der Waals surface area contributed by atoms with E-state index in [4.69, 9.17) is 0 Å². The summed E-state index contributed by atoms with van der Waals surface area (Å²) < 4.78 is 43.5. The first kappa shape index (κ1) is 22.5. The van der Waals surface area contributed by atoms with Gasteiger partial charge in [0.05, 0.1) is 21.5 Å². The zero-order valence-electron chi connectivity index (χ0n) is 18.8. The fourth-order valence-corrected chi connectivity index (χ4v) is 5.85. The van der Waals surface area contributed by atoms with Crippen LogP contribution in [0.1, 0.15) is 38.7 Å². The molecule has 1 aromatic heterocycles. The van der Waals surface area contributed by atoms with Crippen LogP contribution in [0.25, 0.3) is 10.9 Å². The number of fused-ring (bicyclic) bond motifs is 1. The highest BCUT2D eigenvalue weighted by atomic mass is 32.2. The van der Waals surface area contributed by atoms with E-state index < -0.39 is 21.1 Å². The Balaban J connectivity index is 1.92. The van der Waals surface area contributed by atoms with E-state index in [-0.39, 0.29) is 15.2 Å². The van der Waals surface area contributed by atoms with E-state index in [1.54, 1.807) is 22.8 Å². The van der Waals surface area contributed by atoms with E-state index in [0.29, 0.717) is 23.7 Å². The molecule has 0 aliphatic carbocycles. The molecule has 4 rings (SSSR count). The van der Waals surface area contributed by atoms with Crippen molar-refractivity contribution in [2.24, 2.45) is 5.92 Å². The molecule has 1 aliphatic heterocycles. The van der Waals surface area contributed by atoms with Crippen molar-refractivity contribution < 1.29 is 12.8 Å². The smallest absolute Gasteiger partial charge is 0.211 e. The number of aromatic nitrogens is 1. The van der Waals surface area contributed by atoms with Crippen LogP contribution in [0.2, 0.25) is 0 Å². The van der Waals surface area contributed by atoms with Crippen LogP contribution in [0.3, 0.4) is 0 Å². The molecule has 0 amide bonds. The van der Waals surface area contributed by atoms with Crippen molar-refractivity contribution in [2.45, 2.75) is 56.4 Å². The minimum Gasteiger partial charge on any atom is -0.369 e. The Morgan fingerprint density at radius 2 is 1.88 bits per heavy atom. The molecule has 0 saturated carbocycles. The van der Waals surface area contributed by atoms with Crippen LogP contribution in [-0.2, 0) is 16.4 Å². The Morgan fingerprint density at radius 3 is 2.53 bits per heavy atom. The number of rotatable bonds is 5. The van der Waals surface area contributed by atoms with Gasteiger partial charge in [0.2, 0.25) is 15.3 Å². The van der Waals surface area contributed by atoms with Gasteiger partial charge in [0, 0.05) is 25.8 Å². The SMILES string of the molecule is CCCn1cc(S(=O)(=O)c2ccc(C)cc2)c(=O)c2cc(F)c(N3CCC[C@@H](C)C3)cc21. The second-order valence-electron chi connectivity index (χ2n) is 8.85. The number of nitrogens with zero attached hydrogens (tertiary/aromatic N) is 2. The van der Waals surface area contributed by atoms with E-state index in [9.17, 15) is 13.2 Å². The lowest BCUT2D eigenvalue weighted by atomic mass is 9.99. The molecule has 3 aromatic rings. The molecule has 170 valence electrons. The summed E-state index contributed by atoms with van der Waals surface area (Å²) >= 11 is 0. The van der Waals surface area contributed by atoms with Crippen LogP contribution in [0.4, 0.5) is 10.1 Å². The topological polar surface area (TPSA) is 59.4 Å². The number of benzene rings is 2. The van der Waals surface area contributed by atoms with Gasteiger partial charge in [-0.25, -0.2) is 12.8 Å². The van der Waals surface area contributed by atoms with Crippen molar-refractivity contribution in [1.29, 1.82) is 0 Å². The minimum atomic E-state index is -4.04. The molecule has 2 heterocycles. The number of pyridine rings is 1. The van der Waals surface area contributed by atoms with Crippen molar-refractivity contribution in [3.63, 3.8) is 0 Å². The first-order valence-electron chi connectivity index (χ1n) is 11.2. The minimum absolute atomic E-state index is 0.0574. The second kappa shape index (κ2) is 8.70. The van der Waals surface area contributed by atoms with Gasteiger partial charge in [0.25, 0.3) is 0 Å². The molecule has 32 heavy (non-hydrogen) atoms. The maximum absolute atomic E-state index is 15.2. The number of hydrogen-bond donors (Lipinski definition) is 0. The third-order valence-electron chi connectivity index (χ3n) is 6.20. The Hall–Kier alpha value is -2.67. The maximum atomic E-state index is 15.2. The van der Waals surface area contributed by atoms with Gasteiger partial charge in [-0.3, -0.25) is 4.79 Å². The van der Waals surface area contributed by atoms with Crippen molar-refractivity contribution in [3.05, 3.63) is 64.2 Å². The van der Waals surface area contributed by atoms with Gasteiger partial charge in [0.15, 0.2) is 0 Å². The van der Waals surface area contributed by atoms with Crippen LogP contribution >= 0.6 is 0 Å². The summed E-state index contributed by atoms with van der Waals surface area (Å²) in [7, 11) is -4.04. The van der Waals surface area contributed by atoms with E-state index in [1.807, 2.05) is 18.7 Å². The first-order valence-corrected chi connectivity index (χ1v) is 12.6. The largest absolute Gasteiger partial charge is 0.369 e. The second-order valence-corrected chi connectivity index (χ2v) is 10.8. The first-order chi connectivity index (χ1) is 15.2. The molecule has 0 bridgehead atoms. The van der Waals surface area contributed by atoms with E-state index in [0.717, 1.165) is 37.9 Å². The molecule has 1 atom stereocenters. The molecule has 2 aromatic carbocycles. The third kappa shape index (κ3) is 4.06. The van der Waals surface area contributed by atoms with Crippen molar-refractivity contribution in [1.82, 2.24) is 4.57 Å². The molecular formula is C25H29FN2O3S. The molecular weight excluding hydrogens is 427 g/mol. The van der Waals surface area contributed by atoms with Gasteiger partial charge in [-0.15, -0.1) is 0 Å². The number of aryl methyl sites for hydroxylation is 2. The standard InChI is InChI=1S/C25H29FN2O3S/c1-4-11-27-16-24(32(30,31)19-9-7-17(2)8-10-19)25(29)20-13-21(26)23(14-22(20)27)28-12-5-6-18(3)15-28/h7-10,13-14,16,18H,4-6,11-12,15H2,1-3H3/t18-/m1/s1. The molecule has 1 aliphatic rings. The number of hydrogen-bond acceptors (Lipinski definition) is 4. The predicted molar refractivity (Wildman–Crippen MR) is 126 cm³/mol. The zero-order valence-corrected chi connectivity index (χ0v) is 19.6. The summed E-state index contributed by atoms with van der Waals surface area (Å²) in [6.07, 6.45) is 4.28. The van der Waals surface area contributed by atoms with Crippen LogP contribution < -0.4 is 10.3 Å². The van der Waals surface area contributed by atoms with Gasteiger partial charge < -0.3 is 9.47 Å². The quantitative estimate of drug-likeness (QED) is 0.546. The number of halogens is 1. The summed E-state index contributed by atoms with van der Waals surface area (Å²) in [5.41, 5.74) is 1.30. The van der Waals surface area contributed by atoms with Crippen molar-refractivity contribution in [2.75, 3.05) is 18.0 Å². The van der Waals surface area contributed by atoms with Gasteiger partial charge in [-0.2, -0.15) is 0 Å². The summed E-state index contributed by atoms with van der Waals surface area (Å²) in [6, 6.07) is 9.32. The monoisotopic (exact) mass is 456 g/mol. The van der Waals surface area contributed by atoms with Crippen LogP contribution in [0, 0.1) is 18.7 Å². The highest BCUT2D eigenvalue weighted by Crippen LogP contribution is 2.30. The molecule has 5 nitrogen and oxygen atoms in total. The number of anilines is 1. The van der Waals surface area contributed by atoms with Crippen LogP contribution in [0.15, 0.2) is 57.2 Å². The summed E-state index contributed by atoms with van der Waals surface area (Å²) in [5.74, 6) is -0.0182. The molecule has 0 radical (unpaired) electrons. The van der Waals surface area contributed by atoms with Gasteiger partial charge in [-0.05, 0) is 56.4 Å². The Kier molecular flexibility index (Phi) is 6.12. The molecule has 1 saturated heterocycles. The highest BCUT2D eigenvalue weighted by molar-refractivity contribution is 7.91. The van der Waals surface area contributed by atoms with Gasteiger partial charge >= 0.3 is 0 Å². The third-order valence-corrected chi connectivity index (χ3v) is 7.96. The summed E-state index contributed by atoms with van der Waals surface area (Å²) in [4.78, 5) is 15.1. The highest BCUT2D eigenvalue weighted by Gasteiger charge is 2.26. The lowest BCUT2D eigenvalue weighted by Gasteiger charge is -2.33. The van der Waals surface area contributed by atoms with E-state index >= 15 is 4.39 Å². The molecule has 0 unspecified atom stereocenters. The van der Waals surface area contributed by atoms with Crippen LogP contribution in [-0.4, -0.2) is 26.1 Å². The summed E-state index contributed by atoms with van der Waals surface area (Å²) in [5, 5.41) is 0.0953. The fraction of sp³-hybridized carbons (Fsp3) is 0.400. The molecule has 1 fully saturated rings. The molecule has 7 heteroatoms. The van der Waals surface area contributed by atoms with E-state index in [1.165, 1.54) is 24.4 Å². The van der Waals surface area contributed by atoms with Gasteiger partial charge in [-0.1, -0.05) is 31.5 Å². The van der Waals surface area contributed by atoms with Crippen molar-refractivity contribution >= 4 is 26.4 Å². The number of piperidine rings is 1. The van der Waals surface area contributed by atoms with Crippen molar-refractivity contribution in [3.8, 4) is 0 Å². The average molecular weight is 457 g/mol. The lowest BCUT2D eigenvalue weighted by molar-refractivity contribution is 0.442. The normalized spacial score (nSPS) is 17.1. The summed E-state index contributed by atoms with van der Waals surface area (Å²) in [6.45, 7) is 8.05. The Morgan fingerprint density at radius 1 is 1.16 bits per heavy atom. The Labute approximate surface area is 188 Å². The molecule has 0 spiro atoms. The van der Waals surface area contributed by atoms with E-state index in [2.05, 4.69) is 6.92 Å². The predicted octanol–water partition coefficient (Wildman–Crippen LogP) is 4.93. The number of sulfone groups is 1. The zero-order chi connectivity index (χ0) is 23.0.